The van der Waals surface area contributed by atoms with Crippen LogP contribution in [0.2, 0.25) is 0 Å². The van der Waals surface area contributed by atoms with Crippen molar-refractivity contribution in [2.45, 2.75) is 26.2 Å². The second kappa shape index (κ2) is 12.1. The SMILES string of the molecule is C/C=C(\C=C1/CN(c2ccc(-c3ccccc3)cc2)c2ccccc21)c1ccc2c(c1)c1ccccc1n2-c1cccc2c1-c1ccccc1C2(C)C. The van der Waals surface area contributed by atoms with Gasteiger partial charge in [-0.05, 0) is 100.0 Å². The molecule has 8 aromatic rings. The van der Waals surface area contributed by atoms with Gasteiger partial charge in [-0.3, -0.25) is 0 Å². The molecule has 0 amide bonds. The molecule has 0 bridgehead atoms. The Bertz CT molecular complexity index is 2780. The molecule has 1 aliphatic heterocycles. The molecule has 0 spiro atoms. The van der Waals surface area contributed by atoms with Crippen molar-refractivity contribution in [2.24, 2.45) is 0 Å². The van der Waals surface area contributed by atoms with Crippen LogP contribution in [-0.2, 0) is 5.41 Å². The number of allylic oxidation sites excluding steroid dienone is 3. The summed E-state index contributed by atoms with van der Waals surface area (Å²) in [5.74, 6) is 0. The molecule has 0 fully saturated rings. The Hall–Kier alpha value is -6.38. The summed E-state index contributed by atoms with van der Waals surface area (Å²) < 4.78 is 2.49. The quantitative estimate of drug-likeness (QED) is 0.176. The summed E-state index contributed by atoms with van der Waals surface area (Å²) in [7, 11) is 0. The summed E-state index contributed by atoms with van der Waals surface area (Å²) in [4.78, 5) is 2.44. The Morgan fingerprint density at radius 3 is 2.06 bits per heavy atom. The molecular formula is C51H40N2. The van der Waals surface area contributed by atoms with Crippen LogP contribution in [-0.4, -0.2) is 11.1 Å². The van der Waals surface area contributed by atoms with E-state index in [1.165, 1.54) is 94.5 Å². The fraction of sp³-hybridized carbons (Fsp3) is 0.0980. The maximum atomic E-state index is 2.49. The first kappa shape index (κ1) is 31.4. The zero-order chi connectivity index (χ0) is 35.7. The average molecular weight is 681 g/mol. The minimum Gasteiger partial charge on any atom is -0.336 e. The minimum absolute atomic E-state index is 0.0533. The third kappa shape index (κ3) is 4.86. The molecule has 2 heterocycles. The smallest absolute Gasteiger partial charge is 0.0543 e. The molecule has 2 aliphatic rings. The van der Waals surface area contributed by atoms with E-state index in [-0.39, 0.29) is 5.41 Å². The summed E-state index contributed by atoms with van der Waals surface area (Å²) in [6.45, 7) is 7.69. The number of rotatable bonds is 5. The first-order chi connectivity index (χ1) is 26.0. The van der Waals surface area contributed by atoms with Gasteiger partial charge in [-0.25, -0.2) is 0 Å². The Morgan fingerprint density at radius 1 is 0.566 bits per heavy atom. The standard InChI is InChI=1S/C51H40N2/c1-4-34(31-38-33-52(46-22-12-9-17-40(38)46)39-28-25-36(26-29-39)35-15-6-5-7-16-35)37-27-30-48-43(32-37)41-18-10-13-23-47(41)53(48)49-24-14-21-45-50(49)42-19-8-11-20-44(42)51(45,2)3/h4-32H,33H2,1-3H3/b34-4+,38-31+. The number of hydrogen-bond acceptors (Lipinski definition) is 1. The molecule has 0 saturated heterocycles. The molecule has 0 saturated carbocycles. The highest BCUT2D eigenvalue weighted by molar-refractivity contribution is 6.11. The number of hydrogen-bond donors (Lipinski definition) is 0. The highest BCUT2D eigenvalue weighted by Crippen LogP contribution is 2.52. The van der Waals surface area contributed by atoms with Crippen LogP contribution in [0.25, 0.3) is 60.9 Å². The molecular weight excluding hydrogens is 641 g/mol. The van der Waals surface area contributed by atoms with E-state index in [9.17, 15) is 0 Å². The summed E-state index contributed by atoms with van der Waals surface area (Å²) in [5.41, 5.74) is 19.1. The monoisotopic (exact) mass is 680 g/mol. The third-order valence-corrected chi connectivity index (χ3v) is 11.6. The van der Waals surface area contributed by atoms with Gasteiger partial charge in [0, 0.05) is 45.2 Å². The lowest BCUT2D eigenvalue weighted by Gasteiger charge is -2.21. The zero-order valence-corrected chi connectivity index (χ0v) is 30.3. The minimum atomic E-state index is -0.0533. The van der Waals surface area contributed by atoms with Gasteiger partial charge in [-0.15, -0.1) is 0 Å². The fourth-order valence-electron chi connectivity index (χ4n) is 8.99. The molecule has 1 aromatic heterocycles. The second-order valence-electron chi connectivity index (χ2n) is 14.9. The van der Waals surface area contributed by atoms with Gasteiger partial charge in [0.2, 0.25) is 0 Å². The summed E-state index contributed by atoms with van der Waals surface area (Å²) in [6.07, 6.45) is 4.66. The lowest BCUT2D eigenvalue weighted by Crippen LogP contribution is -2.14. The molecule has 7 aromatic carbocycles. The average Bonchev–Trinajstić information content (AvgIpc) is 3.83. The predicted molar refractivity (Wildman–Crippen MR) is 225 cm³/mol. The highest BCUT2D eigenvalue weighted by atomic mass is 15.2. The van der Waals surface area contributed by atoms with Crippen molar-refractivity contribution < 1.29 is 0 Å². The predicted octanol–water partition coefficient (Wildman–Crippen LogP) is 13.4. The Labute approximate surface area is 311 Å². The molecule has 0 N–H and O–H groups in total. The molecule has 2 heteroatoms. The molecule has 53 heavy (non-hydrogen) atoms. The maximum absolute atomic E-state index is 2.49. The van der Waals surface area contributed by atoms with Gasteiger partial charge >= 0.3 is 0 Å². The topological polar surface area (TPSA) is 8.17 Å². The van der Waals surface area contributed by atoms with Crippen molar-refractivity contribution in [2.75, 3.05) is 11.4 Å². The van der Waals surface area contributed by atoms with Crippen LogP contribution in [0.15, 0.2) is 176 Å². The molecule has 0 atom stereocenters. The molecule has 10 rings (SSSR count). The third-order valence-electron chi connectivity index (χ3n) is 11.6. The van der Waals surface area contributed by atoms with Crippen molar-refractivity contribution in [3.63, 3.8) is 0 Å². The van der Waals surface area contributed by atoms with Crippen molar-refractivity contribution in [3.8, 4) is 27.9 Å². The van der Waals surface area contributed by atoms with E-state index in [1.807, 2.05) is 0 Å². The van der Waals surface area contributed by atoms with E-state index < -0.39 is 0 Å². The van der Waals surface area contributed by atoms with E-state index in [0.717, 1.165) is 6.54 Å². The number of anilines is 2. The van der Waals surface area contributed by atoms with Gasteiger partial charge in [-0.2, -0.15) is 0 Å². The van der Waals surface area contributed by atoms with E-state index in [1.54, 1.807) is 0 Å². The van der Waals surface area contributed by atoms with Crippen molar-refractivity contribution in [1.29, 1.82) is 0 Å². The van der Waals surface area contributed by atoms with E-state index >= 15 is 0 Å². The van der Waals surface area contributed by atoms with E-state index in [0.29, 0.717) is 0 Å². The van der Waals surface area contributed by atoms with Crippen LogP contribution in [0.5, 0.6) is 0 Å². The van der Waals surface area contributed by atoms with Gasteiger partial charge in [0.15, 0.2) is 0 Å². The van der Waals surface area contributed by atoms with Gasteiger partial charge in [-0.1, -0.05) is 141 Å². The number of nitrogens with zero attached hydrogens (tertiary/aromatic N) is 2. The molecule has 254 valence electrons. The van der Waals surface area contributed by atoms with Crippen LogP contribution >= 0.6 is 0 Å². The van der Waals surface area contributed by atoms with Crippen LogP contribution in [0, 0.1) is 0 Å². The maximum Gasteiger partial charge on any atom is 0.0543 e. The first-order valence-electron chi connectivity index (χ1n) is 18.7. The number of fused-ring (bicyclic) bond motifs is 7. The van der Waals surface area contributed by atoms with Crippen LogP contribution < -0.4 is 4.90 Å². The lowest BCUT2D eigenvalue weighted by atomic mass is 9.82. The van der Waals surface area contributed by atoms with Gasteiger partial charge < -0.3 is 9.47 Å². The Balaban J connectivity index is 1.06. The first-order valence-corrected chi connectivity index (χ1v) is 18.7. The summed E-state index contributed by atoms with van der Waals surface area (Å²) >= 11 is 0. The van der Waals surface area contributed by atoms with Gasteiger partial charge in [0.1, 0.15) is 0 Å². The van der Waals surface area contributed by atoms with Crippen molar-refractivity contribution in [1.82, 2.24) is 4.57 Å². The van der Waals surface area contributed by atoms with Crippen molar-refractivity contribution >= 4 is 44.3 Å². The van der Waals surface area contributed by atoms with E-state index in [2.05, 4.69) is 206 Å². The van der Waals surface area contributed by atoms with E-state index in [4.69, 9.17) is 0 Å². The van der Waals surface area contributed by atoms with Gasteiger partial charge in [0.25, 0.3) is 0 Å². The lowest BCUT2D eigenvalue weighted by molar-refractivity contribution is 0.660. The Kier molecular flexibility index (Phi) is 7.16. The summed E-state index contributed by atoms with van der Waals surface area (Å²) in [6, 6.07) is 60.1. The summed E-state index contributed by atoms with van der Waals surface area (Å²) in [5, 5.41) is 2.54. The van der Waals surface area contributed by atoms with Gasteiger partial charge in [0.05, 0.1) is 16.7 Å². The van der Waals surface area contributed by atoms with Crippen LogP contribution in [0.1, 0.15) is 43.0 Å². The normalized spacial score (nSPS) is 15.3. The fourth-order valence-corrected chi connectivity index (χ4v) is 8.99. The largest absolute Gasteiger partial charge is 0.336 e. The molecule has 2 nitrogen and oxygen atoms in total. The molecule has 0 unspecified atom stereocenters. The highest BCUT2D eigenvalue weighted by Gasteiger charge is 2.37. The number of aromatic nitrogens is 1. The van der Waals surface area contributed by atoms with Crippen molar-refractivity contribution in [3.05, 3.63) is 198 Å². The Morgan fingerprint density at radius 2 is 1.23 bits per heavy atom. The molecule has 1 aliphatic carbocycles. The zero-order valence-electron chi connectivity index (χ0n) is 30.3. The number of para-hydroxylation sites is 2. The van der Waals surface area contributed by atoms with Crippen LogP contribution in [0.3, 0.4) is 0 Å². The van der Waals surface area contributed by atoms with Crippen LogP contribution in [0.4, 0.5) is 11.4 Å². The number of benzene rings is 7. The second-order valence-corrected chi connectivity index (χ2v) is 14.9. The molecule has 0 radical (unpaired) electrons.